The molecule has 3 aromatic rings. The van der Waals surface area contributed by atoms with Crippen LogP contribution in [0.2, 0.25) is 0 Å². The maximum atomic E-state index is 13.5. The molecule has 0 saturated heterocycles. The first-order valence-electron chi connectivity index (χ1n) is 8.45. The number of thiophene rings is 1. The number of hydrogen-bond donors (Lipinski definition) is 0. The molecule has 124 valence electrons. The van der Waals surface area contributed by atoms with E-state index >= 15 is 0 Å². The van der Waals surface area contributed by atoms with Crippen LogP contribution in [0.3, 0.4) is 0 Å². The number of aryl methyl sites for hydroxylation is 3. The first-order valence-corrected chi connectivity index (χ1v) is 9.27. The molecular formula is C19H19FN2OS. The van der Waals surface area contributed by atoms with E-state index in [1.54, 1.807) is 22.0 Å². The Labute approximate surface area is 143 Å². The van der Waals surface area contributed by atoms with E-state index in [1.807, 2.05) is 6.07 Å². The zero-order valence-corrected chi connectivity index (χ0v) is 14.5. The highest BCUT2D eigenvalue weighted by molar-refractivity contribution is 7.18. The molecule has 1 aromatic carbocycles. The van der Waals surface area contributed by atoms with E-state index in [2.05, 4.69) is 6.92 Å². The summed E-state index contributed by atoms with van der Waals surface area (Å²) in [6, 6.07) is 6.45. The Kier molecular flexibility index (Phi) is 3.96. The summed E-state index contributed by atoms with van der Waals surface area (Å²) >= 11 is 1.67. The minimum Gasteiger partial charge on any atom is -0.292 e. The lowest BCUT2D eigenvalue weighted by Crippen LogP contribution is -2.26. The fourth-order valence-corrected chi connectivity index (χ4v) is 4.79. The van der Waals surface area contributed by atoms with Gasteiger partial charge in [0.15, 0.2) is 0 Å². The number of halogens is 1. The van der Waals surface area contributed by atoms with Crippen LogP contribution >= 0.6 is 11.3 Å². The number of aromatic nitrogens is 2. The summed E-state index contributed by atoms with van der Waals surface area (Å²) in [4.78, 5) is 20.2. The average Bonchev–Trinajstić information content (AvgIpc) is 3.12. The monoisotopic (exact) mass is 342 g/mol. The molecule has 3 nitrogen and oxygen atoms in total. The van der Waals surface area contributed by atoms with E-state index in [1.165, 1.54) is 22.6 Å². The van der Waals surface area contributed by atoms with Crippen LogP contribution in [-0.2, 0) is 25.8 Å². The SMILES string of the molecule is CCCc1nc2sc3c(c2c(=O)n1Cc1cccc(F)c1)CCC3. The Bertz CT molecular complexity index is 973. The standard InChI is InChI=1S/C19H19FN2OS/c1-2-5-16-21-18-17(14-8-4-9-15(14)24-18)19(23)22(16)11-12-6-3-7-13(20)10-12/h3,6-7,10H,2,4-5,8-9,11H2,1H3. The molecule has 0 fully saturated rings. The summed E-state index contributed by atoms with van der Waals surface area (Å²) in [5, 5.41) is 0.795. The molecule has 0 bridgehead atoms. The van der Waals surface area contributed by atoms with Gasteiger partial charge in [-0.25, -0.2) is 9.37 Å². The molecule has 1 aliphatic carbocycles. The summed E-state index contributed by atoms with van der Waals surface area (Å²) in [5.74, 6) is 0.530. The van der Waals surface area contributed by atoms with E-state index in [-0.39, 0.29) is 11.4 Å². The van der Waals surface area contributed by atoms with Crippen LogP contribution < -0.4 is 5.56 Å². The van der Waals surface area contributed by atoms with Crippen molar-refractivity contribution >= 4 is 21.6 Å². The number of rotatable bonds is 4. The van der Waals surface area contributed by atoms with Crippen molar-refractivity contribution in [3.05, 3.63) is 62.3 Å². The van der Waals surface area contributed by atoms with Crippen LogP contribution in [0, 0.1) is 5.82 Å². The Hall–Kier alpha value is -2.01. The van der Waals surface area contributed by atoms with Crippen molar-refractivity contribution in [1.82, 2.24) is 9.55 Å². The van der Waals surface area contributed by atoms with Crippen molar-refractivity contribution in [1.29, 1.82) is 0 Å². The summed E-state index contributed by atoms with van der Waals surface area (Å²) in [5.41, 5.74) is 2.03. The molecule has 2 aromatic heterocycles. The number of nitrogens with zero attached hydrogens (tertiary/aromatic N) is 2. The minimum atomic E-state index is -0.275. The van der Waals surface area contributed by atoms with Gasteiger partial charge < -0.3 is 0 Å². The predicted octanol–water partition coefficient (Wildman–Crippen LogP) is 4.09. The molecule has 0 unspecified atom stereocenters. The van der Waals surface area contributed by atoms with E-state index in [9.17, 15) is 9.18 Å². The molecule has 4 rings (SSSR count). The van der Waals surface area contributed by atoms with E-state index in [0.29, 0.717) is 6.54 Å². The topological polar surface area (TPSA) is 34.9 Å². The highest BCUT2D eigenvalue weighted by Crippen LogP contribution is 2.34. The van der Waals surface area contributed by atoms with Gasteiger partial charge in [-0.2, -0.15) is 0 Å². The van der Waals surface area contributed by atoms with Gasteiger partial charge >= 0.3 is 0 Å². The second-order valence-corrected chi connectivity index (χ2v) is 7.42. The predicted molar refractivity (Wildman–Crippen MR) is 95.4 cm³/mol. The first-order chi connectivity index (χ1) is 11.7. The Balaban J connectivity index is 1.90. The molecule has 0 saturated carbocycles. The van der Waals surface area contributed by atoms with Crippen molar-refractivity contribution in [3.63, 3.8) is 0 Å². The Morgan fingerprint density at radius 1 is 1.33 bits per heavy atom. The molecule has 24 heavy (non-hydrogen) atoms. The van der Waals surface area contributed by atoms with Crippen molar-refractivity contribution in [2.75, 3.05) is 0 Å². The quantitative estimate of drug-likeness (QED) is 0.716. The van der Waals surface area contributed by atoms with Crippen molar-refractivity contribution < 1.29 is 4.39 Å². The molecule has 0 atom stereocenters. The molecule has 2 heterocycles. The normalized spacial score (nSPS) is 13.6. The van der Waals surface area contributed by atoms with Gasteiger partial charge in [-0.3, -0.25) is 9.36 Å². The van der Waals surface area contributed by atoms with Gasteiger partial charge in [-0.1, -0.05) is 19.1 Å². The zero-order chi connectivity index (χ0) is 16.7. The molecule has 0 radical (unpaired) electrons. The van der Waals surface area contributed by atoms with Gasteiger partial charge in [0.25, 0.3) is 5.56 Å². The van der Waals surface area contributed by atoms with Crippen molar-refractivity contribution in [2.24, 2.45) is 0 Å². The van der Waals surface area contributed by atoms with Crippen LogP contribution in [0.5, 0.6) is 0 Å². The third-order valence-electron chi connectivity index (χ3n) is 4.61. The Morgan fingerprint density at radius 2 is 2.21 bits per heavy atom. The molecule has 0 spiro atoms. The van der Waals surface area contributed by atoms with Gasteiger partial charge in [-0.05, 0) is 48.9 Å². The Morgan fingerprint density at radius 3 is 3.00 bits per heavy atom. The maximum Gasteiger partial charge on any atom is 0.262 e. The van der Waals surface area contributed by atoms with Crippen LogP contribution in [0.25, 0.3) is 10.2 Å². The van der Waals surface area contributed by atoms with Crippen LogP contribution in [0.1, 0.15) is 41.6 Å². The van der Waals surface area contributed by atoms with Crippen molar-refractivity contribution in [2.45, 2.75) is 45.6 Å². The maximum absolute atomic E-state index is 13.5. The second kappa shape index (κ2) is 6.13. The van der Waals surface area contributed by atoms with Gasteiger partial charge in [0.05, 0.1) is 11.9 Å². The fraction of sp³-hybridized carbons (Fsp3) is 0.368. The minimum absolute atomic E-state index is 0.0344. The summed E-state index contributed by atoms with van der Waals surface area (Å²) in [6.07, 6.45) is 4.83. The molecule has 5 heteroatoms. The number of benzene rings is 1. The number of hydrogen-bond acceptors (Lipinski definition) is 3. The summed E-state index contributed by atoms with van der Waals surface area (Å²) < 4.78 is 15.2. The zero-order valence-electron chi connectivity index (χ0n) is 13.6. The molecule has 0 N–H and O–H groups in total. The second-order valence-electron chi connectivity index (χ2n) is 6.34. The molecule has 0 amide bonds. The van der Waals surface area contributed by atoms with E-state index in [0.717, 1.165) is 53.7 Å². The molecule has 0 aliphatic heterocycles. The fourth-order valence-electron chi connectivity index (χ4n) is 3.51. The van der Waals surface area contributed by atoms with Gasteiger partial charge in [0.1, 0.15) is 16.5 Å². The average molecular weight is 342 g/mol. The van der Waals surface area contributed by atoms with Gasteiger partial charge in [0.2, 0.25) is 0 Å². The highest BCUT2D eigenvalue weighted by atomic mass is 32.1. The largest absolute Gasteiger partial charge is 0.292 e. The van der Waals surface area contributed by atoms with E-state index < -0.39 is 0 Å². The van der Waals surface area contributed by atoms with E-state index in [4.69, 9.17) is 4.98 Å². The lowest BCUT2D eigenvalue weighted by Gasteiger charge is -2.12. The third-order valence-corrected chi connectivity index (χ3v) is 5.79. The lowest BCUT2D eigenvalue weighted by atomic mass is 10.1. The first kappa shape index (κ1) is 15.5. The van der Waals surface area contributed by atoms with Gasteiger partial charge in [0, 0.05) is 11.3 Å². The summed E-state index contributed by atoms with van der Waals surface area (Å²) in [7, 11) is 0. The molecular weight excluding hydrogens is 323 g/mol. The van der Waals surface area contributed by atoms with Gasteiger partial charge in [-0.15, -0.1) is 11.3 Å². The third kappa shape index (κ3) is 2.57. The van der Waals surface area contributed by atoms with Crippen LogP contribution in [0.15, 0.2) is 29.1 Å². The highest BCUT2D eigenvalue weighted by Gasteiger charge is 2.23. The molecule has 1 aliphatic rings. The van der Waals surface area contributed by atoms with Crippen molar-refractivity contribution in [3.8, 4) is 0 Å². The summed E-state index contributed by atoms with van der Waals surface area (Å²) in [6.45, 7) is 2.46. The lowest BCUT2D eigenvalue weighted by molar-refractivity contribution is 0.618. The van der Waals surface area contributed by atoms with Crippen LogP contribution in [0.4, 0.5) is 4.39 Å². The van der Waals surface area contributed by atoms with Crippen LogP contribution in [-0.4, -0.2) is 9.55 Å². The number of fused-ring (bicyclic) bond motifs is 3. The smallest absolute Gasteiger partial charge is 0.262 e.